The van der Waals surface area contributed by atoms with Crippen molar-refractivity contribution in [2.45, 2.75) is 38.6 Å². The van der Waals surface area contributed by atoms with Crippen LogP contribution < -0.4 is 20.1 Å². The van der Waals surface area contributed by atoms with E-state index in [-0.39, 0.29) is 12.5 Å². The number of aliphatic imine (C=N–C) groups is 1. The number of ether oxygens (including phenoxy) is 2. The summed E-state index contributed by atoms with van der Waals surface area (Å²) in [4.78, 5) is 17.9. The lowest BCUT2D eigenvalue weighted by atomic mass is 10.2. The molecule has 0 unspecified atom stereocenters. The van der Waals surface area contributed by atoms with Crippen LogP contribution in [0, 0.1) is 0 Å². The number of nitrogens with one attached hydrogen (secondary N) is 2. The molecule has 7 heteroatoms. The summed E-state index contributed by atoms with van der Waals surface area (Å²) < 4.78 is 10.9. The van der Waals surface area contributed by atoms with Gasteiger partial charge in [-0.25, -0.2) is 4.99 Å². The zero-order valence-corrected chi connectivity index (χ0v) is 16.2. The number of methoxy groups -OCH3 is 1. The molecule has 0 spiro atoms. The van der Waals surface area contributed by atoms with Crippen molar-refractivity contribution in [2.75, 3.05) is 39.7 Å². The molecule has 1 aromatic carbocycles. The Morgan fingerprint density at radius 2 is 2.00 bits per heavy atom. The fourth-order valence-electron chi connectivity index (χ4n) is 2.83. The molecule has 2 rings (SSSR count). The van der Waals surface area contributed by atoms with Gasteiger partial charge in [0.2, 0.25) is 5.91 Å². The fraction of sp³-hybridized carbons (Fsp3) is 0.579. The number of carbonyl (C=O) groups excluding carboxylic acids is 1. The highest BCUT2D eigenvalue weighted by atomic mass is 16.5. The molecule has 0 radical (unpaired) electrons. The van der Waals surface area contributed by atoms with Crippen LogP contribution in [0.1, 0.15) is 32.6 Å². The van der Waals surface area contributed by atoms with Crippen LogP contribution in [0.4, 0.5) is 5.69 Å². The SMILES string of the molecule is CCOc1cc(NC(=NCC(=O)N(C)C)NC2CCCC2)ccc1OC. The van der Waals surface area contributed by atoms with E-state index >= 15 is 0 Å². The van der Waals surface area contributed by atoms with Crippen LogP contribution in [0.2, 0.25) is 0 Å². The van der Waals surface area contributed by atoms with Crippen LogP contribution in [-0.2, 0) is 4.79 Å². The minimum Gasteiger partial charge on any atom is -0.493 e. The first-order valence-electron chi connectivity index (χ1n) is 9.12. The fourth-order valence-corrected chi connectivity index (χ4v) is 2.83. The van der Waals surface area contributed by atoms with Gasteiger partial charge in [0.1, 0.15) is 6.54 Å². The zero-order valence-electron chi connectivity index (χ0n) is 16.2. The van der Waals surface area contributed by atoms with E-state index in [9.17, 15) is 4.79 Å². The Labute approximate surface area is 155 Å². The number of carbonyl (C=O) groups is 1. The minimum atomic E-state index is -0.0396. The molecule has 1 aromatic rings. The highest BCUT2D eigenvalue weighted by molar-refractivity contribution is 5.95. The summed E-state index contributed by atoms with van der Waals surface area (Å²) >= 11 is 0. The number of nitrogens with zero attached hydrogens (tertiary/aromatic N) is 2. The van der Waals surface area contributed by atoms with E-state index in [0.717, 1.165) is 18.5 Å². The predicted molar refractivity (Wildman–Crippen MR) is 104 cm³/mol. The van der Waals surface area contributed by atoms with Crippen LogP contribution in [0.25, 0.3) is 0 Å². The first-order valence-corrected chi connectivity index (χ1v) is 9.12. The van der Waals surface area contributed by atoms with Gasteiger partial charge in [-0.05, 0) is 31.9 Å². The molecular weight excluding hydrogens is 332 g/mol. The Bertz CT molecular complexity index is 625. The van der Waals surface area contributed by atoms with Crippen LogP contribution in [0.5, 0.6) is 11.5 Å². The van der Waals surface area contributed by atoms with Crippen LogP contribution in [0.3, 0.4) is 0 Å². The summed E-state index contributed by atoms with van der Waals surface area (Å²) in [6.45, 7) is 2.59. The van der Waals surface area contributed by atoms with Crippen LogP contribution in [0.15, 0.2) is 23.2 Å². The molecule has 0 aliphatic heterocycles. The minimum absolute atomic E-state index is 0.0396. The van der Waals surface area contributed by atoms with Gasteiger partial charge in [0.25, 0.3) is 0 Å². The summed E-state index contributed by atoms with van der Waals surface area (Å²) in [6.07, 6.45) is 4.68. The van der Waals surface area contributed by atoms with Crippen molar-refractivity contribution in [3.63, 3.8) is 0 Å². The third-order valence-electron chi connectivity index (χ3n) is 4.29. The molecule has 1 aliphatic carbocycles. The number of guanidine groups is 1. The first-order chi connectivity index (χ1) is 12.5. The third kappa shape index (κ3) is 5.82. The topological polar surface area (TPSA) is 75.2 Å². The lowest BCUT2D eigenvalue weighted by Crippen LogP contribution is -2.38. The van der Waals surface area contributed by atoms with E-state index in [0.29, 0.717) is 30.1 Å². The second-order valence-electron chi connectivity index (χ2n) is 6.50. The highest BCUT2D eigenvalue weighted by Crippen LogP contribution is 2.30. The summed E-state index contributed by atoms with van der Waals surface area (Å²) in [5.74, 6) is 1.92. The lowest BCUT2D eigenvalue weighted by Gasteiger charge is -2.19. The maximum atomic E-state index is 11.9. The van der Waals surface area contributed by atoms with Gasteiger partial charge in [-0.15, -0.1) is 0 Å². The molecule has 1 saturated carbocycles. The smallest absolute Gasteiger partial charge is 0.243 e. The Morgan fingerprint density at radius 1 is 1.27 bits per heavy atom. The molecule has 1 fully saturated rings. The molecule has 1 amide bonds. The van der Waals surface area contributed by atoms with Gasteiger partial charge < -0.3 is 25.0 Å². The van der Waals surface area contributed by atoms with Crippen molar-refractivity contribution in [1.29, 1.82) is 0 Å². The molecule has 0 heterocycles. The lowest BCUT2D eigenvalue weighted by molar-refractivity contribution is -0.127. The molecule has 7 nitrogen and oxygen atoms in total. The standard InChI is InChI=1S/C19H30N4O3/c1-5-26-17-12-15(10-11-16(17)25-4)22-19(20-13-18(24)23(2)3)21-14-8-6-7-9-14/h10-12,14H,5-9,13H2,1-4H3,(H2,20,21,22). The molecule has 0 aromatic heterocycles. The number of rotatable bonds is 7. The molecule has 0 saturated heterocycles. The van der Waals surface area contributed by atoms with E-state index in [2.05, 4.69) is 15.6 Å². The Kier molecular flexibility index (Phi) is 7.56. The molecular formula is C19H30N4O3. The summed E-state index contributed by atoms with van der Waals surface area (Å²) in [5.41, 5.74) is 0.829. The normalized spacial score (nSPS) is 14.8. The Balaban J connectivity index is 2.15. The van der Waals surface area contributed by atoms with E-state index in [1.54, 1.807) is 21.2 Å². The van der Waals surface area contributed by atoms with Crippen molar-refractivity contribution in [2.24, 2.45) is 4.99 Å². The maximum Gasteiger partial charge on any atom is 0.243 e. The molecule has 1 aliphatic rings. The molecule has 26 heavy (non-hydrogen) atoms. The Morgan fingerprint density at radius 3 is 2.62 bits per heavy atom. The van der Waals surface area contributed by atoms with Gasteiger partial charge in [-0.2, -0.15) is 0 Å². The zero-order chi connectivity index (χ0) is 18.9. The van der Waals surface area contributed by atoms with Gasteiger partial charge in [-0.1, -0.05) is 12.8 Å². The average Bonchev–Trinajstić information content (AvgIpc) is 3.13. The van der Waals surface area contributed by atoms with Crippen molar-refractivity contribution in [3.05, 3.63) is 18.2 Å². The van der Waals surface area contributed by atoms with Gasteiger partial charge in [-0.3, -0.25) is 4.79 Å². The van der Waals surface area contributed by atoms with Gasteiger partial charge in [0.05, 0.1) is 13.7 Å². The summed E-state index contributed by atoms with van der Waals surface area (Å²) in [6, 6.07) is 6.02. The van der Waals surface area contributed by atoms with Crippen molar-refractivity contribution >= 4 is 17.6 Å². The van der Waals surface area contributed by atoms with Crippen molar-refractivity contribution < 1.29 is 14.3 Å². The van der Waals surface area contributed by atoms with Crippen LogP contribution >= 0.6 is 0 Å². The van der Waals surface area contributed by atoms with E-state index in [1.165, 1.54) is 17.7 Å². The predicted octanol–water partition coefficient (Wildman–Crippen LogP) is 2.48. The Hall–Kier alpha value is -2.44. The number of anilines is 1. The monoisotopic (exact) mass is 362 g/mol. The van der Waals surface area contributed by atoms with Crippen molar-refractivity contribution in [1.82, 2.24) is 10.2 Å². The third-order valence-corrected chi connectivity index (χ3v) is 4.29. The number of amides is 1. The molecule has 0 atom stereocenters. The van der Waals surface area contributed by atoms with Gasteiger partial charge >= 0.3 is 0 Å². The molecule has 0 bridgehead atoms. The highest BCUT2D eigenvalue weighted by Gasteiger charge is 2.17. The quantitative estimate of drug-likeness (QED) is 0.576. The van der Waals surface area contributed by atoms with E-state index < -0.39 is 0 Å². The van der Waals surface area contributed by atoms with Crippen LogP contribution in [-0.4, -0.2) is 57.2 Å². The number of likely N-dealkylation sites (N-methyl/N-ethyl adjacent to an activating group) is 1. The van der Waals surface area contributed by atoms with Crippen molar-refractivity contribution in [3.8, 4) is 11.5 Å². The number of benzene rings is 1. The van der Waals surface area contributed by atoms with E-state index in [4.69, 9.17) is 9.47 Å². The second kappa shape index (κ2) is 9.89. The largest absolute Gasteiger partial charge is 0.493 e. The average molecular weight is 362 g/mol. The maximum absolute atomic E-state index is 11.9. The van der Waals surface area contributed by atoms with E-state index in [1.807, 2.05) is 25.1 Å². The number of hydrogen-bond acceptors (Lipinski definition) is 4. The summed E-state index contributed by atoms with van der Waals surface area (Å²) in [7, 11) is 5.08. The molecule has 2 N–H and O–H groups in total. The second-order valence-corrected chi connectivity index (χ2v) is 6.50. The van der Waals surface area contributed by atoms with Gasteiger partial charge in [0, 0.05) is 31.9 Å². The molecule has 144 valence electrons. The van der Waals surface area contributed by atoms with Gasteiger partial charge in [0.15, 0.2) is 17.5 Å². The summed E-state index contributed by atoms with van der Waals surface area (Å²) in [5, 5.41) is 6.72. The first kappa shape index (κ1) is 19.9. The number of hydrogen-bond donors (Lipinski definition) is 2.